The van der Waals surface area contributed by atoms with E-state index >= 15 is 0 Å². The summed E-state index contributed by atoms with van der Waals surface area (Å²) >= 11 is 5.81. The lowest BCUT2D eigenvalue weighted by molar-refractivity contribution is -0.120. The van der Waals surface area contributed by atoms with Gasteiger partial charge in [-0.05, 0) is 36.8 Å². The van der Waals surface area contributed by atoms with Crippen LogP contribution in [0.5, 0.6) is 0 Å². The van der Waals surface area contributed by atoms with Gasteiger partial charge in [-0.1, -0.05) is 23.7 Å². The van der Waals surface area contributed by atoms with Gasteiger partial charge in [0.25, 0.3) is 0 Å². The van der Waals surface area contributed by atoms with E-state index in [0.29, 0.717) is 10.7 Å². The molecule has 116 valence electrons. The van der Waals surface area contributed by atoms with Crippen LogP contribution in [0.25, 0.3) is 0 Å². The molecule has 0 radical (unpaired) electrons. The first kappa shape index (κ1) is 16.2. The molecule has 0 aromatic heterocycles. The molecular formula is C16H15ClF2N2O. The molecule has 6 heteroatoms. The highest BCUT2D eigenvalue weighted by atomic mass is 35.5. The van der Waals surface area contributed by atoms with Gasteiger partial charge >= 0.3 is 0 Å². The van der Waals surface area contributed by atoms with Crippen LogP contribution in [0, 0.1) is 11.6 Å². The van der Waals surface area contributed by atoms with Crippen LogP contribution in [0.4, 0.5) is 14.5 Å². The minimum Gasteiger partial charge on any atom is -0.376 e. The molecule has 0 saturated carbocycles. The largest absolute Gasteiger partial charge is 0.376 e. The smallest absolute Gasteiger partial charge is 0.239 e. The molecule has 0 fully saturated rings. The van der Waals surface area contributed by atoms with E-state index in [1.54, 1.807) is 12.1 Å². The summed E-state index contributed by atoms with van der Waals surface area (Å²) < 4.78 is 25.8. The van der Waals surface area contributed by atoms with E-state index in [2.05, 4.69) is 10.6 Å². The summed E-state index contributed by atoms with van der Waals surface area (Å²) in [6.45, 7) is 1.81. The van der Waals surface area contributed by atoms with Crippen molar-refractivity contribution in [3.05, 3.63) is 64.7 Å². The van der Waals surface area contributed by atoms with Crippen LogP contribution >= 0.6 is 11.6 Å². The zero-order valence-corrected chi connectivity index (χ0v) is 12.6. The predicted molar refractivity (Wildman–Crippen MR) is 82.9 cm³/mol. The highest BCUT2D eigenvalue weighted by Gasteiger charge is 2.10. The lowest BCUT2D eigenvalue weighted by Crippen LogP contribution is -2.32. The predicted octanol–water partition coefficient (Wildman–Crippen LogP) is 3.91. The minimum atomic E-state index is -0.958. The van der Waals surface area contributed by atoms with Gasteiger partial charge in [-0.15, -0.1) is 0 Å². The van der Waals surface area contributed by atoms with Gasteiger partial charge in [0.1, 0.15) is 0 Å². The van der Waals surface area contributed by atoms with Gasteiger partial charge in [-0.2, -0.15) is 0 Å². The molecule has 2 aromatic rings. The zero-order valence-electron chi connectivity index (χ0n) is 11.9. The maximum absolute atomic E-state index is 13.0. The molecule has 1 unspecified atom stereocenters. The third kappa shape index (κ3) is 4.43. The quantitative estimate of drug-likeness (QED) is 0.875. The lowest BCUT2D eigenvalue weighted by Gasteiger charge is -2.15. The lowest BCUT2D eigenvalue weighted by atomic mass is 10.1. The van der Waals surface area contributed by atoms with Gasteiger partial charge in [-0.25, -0.2) is 8.78 Å². The second-order valence-electron chi connectivity index (χ2n) is 4.82. The molecule has 0 spiro atoms. The second kappa shape index (κ2) is 7.22. The van der Waals surface area contributed by atoms with E-state index in [1.807, 2.05) is 19.1 Å². The van der Waals surface area contributed by atoms with Crippen LogP contribution in [0.15, 0.2) is 42.5 Å². The number of hydrogen-bond donors (Lipinski definition) is 2. The Morgan fingerprint density at radius 3 is 2.45 bits per heavy atom. The average Bonchev–Trinajstić information content (AvgIpc) is 2.49. The first-order valence-corrected chi connectivity index (χ1v) is 7.07. The van der Waals surface area contributed by atoms with Crippen LogP contribution in [0.3, 0.4) is 0 Å². The first-order valence-electron chi connectivity index (χ1n) is 6.69. The zero-order chi connectivity index (χ0) is 16.1. The second-order valence-corrected chi connectivity index (χ2v) is 5.26. The molecule has 0 aliphatic heterocycles. The van der Waals surface area contributed by atoms with Gasteiger partial charge in [0.2, 0.25) is 5.91 Å². The van der Waals surface area contributed by atoms with Crippen molar-refractivity contribution in [1.29, 1.82) is 0 Å². The Morgan fingerprint density at radius 1 is 1.14 bits per heavy atom. The Bertz CT molecular complexity index is 662. The molecule has 1 atom stereocenters. The van der Waals surface area contributed by atoms with Crippen LogP contribution in [-0.4, -0.2) is 12.5 Å². The molecule has 0 heterocycles. The topological polar surface area (TPSA) is 41.1 Å². The highest BCUT2D eigenvalue weighted by Crippen LogP contribution is 2.16. The fourth-order valence-electron chi connectivity index (χ4n) is 1.92. The van der Waals surface area contributed by atoms with E-state index in [9.17, 15) is 13.6 Å². The monoisotopic (exact) mass is 324 g/mol. The molecule has 2 rings (SSSR count). The van der Waals surface area contributed by atoms with Crippen molar-refractivity contribution >= 4 is 23.2 Å². The first-order chi connectivity index (χ1) is 10.5. The molecular weight excluding hydrogens is 310 g/mol. The number of benzene rings is 2. The van der Waals surface area contributed by atoms with Crippen LogP contribution in [0.2, 0.25) is 5.02 Å². The number of halogens is 3. The molecule has 0 aliphatic carbocycles. The van der Waals surface area contributed by atoms with Crippen LogP contribution in [0.1, 0.15) is 18.5 Å². The summed E-state index contributed by atoms with van der Waals surface area (Å²) in [6, 6.07) is 10.4. The van der Waals surface area contributed by atoms with Crippen molar-refractivity contribution in [3.8, 4) is 0 Å². The maximum atomic E-state index is 13.0. The summed E-state index contributed by atoms with van der Waals surface area (Å²) in [4.78, 5) is 11.9. The Balaban J connectivity index is 1.87. The van der Waals surface area contributed by atoms with Crippen molar-refractivity contribution in [2.45, 2.75) is 13.0 Å². The van der Waals surface area contributed by atoms with Crippen LogP contribution in [-0.2, 0) is 4.79 Å². The van der Waals surface area contributed by atoms with E-state index in [4.69, 9.17) is 11.6 Å². The minimum absolute atomic E-state index is 0.0387. The molecule has 2 aromatic carbocycles. The number of anilines is 1. The molecule has 1 amide bonds. The summed E-state index contributed by atoms with van der Waals surface area (Å²) in [6.07, 6.45) is 0. The highest BCUT2D eigenvalue weighted by molar-refractivity contribution is 6.30. The summed E-state index contributed by atoms with van der Waals surface area (Å²) in [5.41, 5.74) is 1.26. The van der Waals surface area contributed by atoms with Crippen molar-refractivity contribution in [3.63, 3.8) is 0 Å². The SMILES string of the molecule is CC(NC(=O)CNc1ccc(F)c(F)c1)c1ccc(Cl)cc1. The number of carbonyl (C=O) groups is 1. The Morgan fingerprint density at radius 2 is 1.82 bits per heavy atom. The fraction of sp³-hybridized carbons (Fsp3) is 0.188. The van der Waals surface area contributed by atoms with Crippen molar-refractivity contribution in [2.24, 2.45) is 0 Å². The fourth-order valence-corrected chi connectivity index (χ4v) is 2.04. The molecule has 3 nitrogen and oxygen atoms in total. The normalized spacial score (nSPS) is 11.8. The van der Waals surface area contributed by atoms with Gasteiger partial charge in [0.15, 0.2) is 11.6 Å². The summed E-state index contributed by atoms with van der Waals surface area (Å²) in [7, 11) is 0. The molecule has 0 aliphatic rings. The van der Waals surface area contributed by atoms with E-state index in [0.717, 1.165) is 17.7 Å². The number of hydrogen-bond acceptors (Lipinski definition) is 2. The Kier molecular flexibility index (Phi) is 5.33. The van der Waals surface area contributed by atoms with Gasteiger partial charge in [0, 0.05) is 16.8 Å². The summed E-state index contributed by atoms with van der Waals surface area (Å²) in [5, 5.41) is 6.17. The van der Waals surface area contributed by atoms with E-state index in [1.165, 1.54) is 6.07 Å². The molecule has 22 heavy (non-hydrogen) atoms. The van der Waals surface area contributed by atoms with E-state index in [-0.39, 0.29) is 18.5 Å². The standard InChI is InChI=1S/C16H15ClF2N2O/c1-10(11-2-4-12(17)5-3-11)21-16(22)9-20-13-6-7-14(18)15(19)8-13/h2-8,10,20H,9H2,1H3,(H,21,22). The van der Waals surface area contributed by atoms with Gasteiger partial charge < -0.3 is 10.6 Å². The van der Waals surface area contributed by atoms with Crippen molar-refractivity contribution in [1.82, 2.24) is 5.32 Å². The molecule has 0 bridgehead atoms. The van der Waals surface area contributed by atoms with Crippen molar-refractivity contribution < 1.29 is 13.6 Å². The van der Waals surface area contributed by atoms with Crippen molar-refractivity contribution in [2.75, 3.05) is 11.9 Å². The average molecular weight is 325 g/mol. The summed E-state index contributed by atoms with van der Waals surface area (Å²) in [5.74, 6) is -2.14. The number of carbonyl (C=O) groups excluding carboxylic acids is 1. The molecule has 0 saturated heterocycles. The van der Waals surface area contributed by atoms with Gasteiger partial charge in [0.05, 0.1) is 12.6 Å². The number of rotatable bonds is 5. The molecule has 2 N–H and O–H groups in total. The third-order valence-electron chi connectivity index (χ3n) is 3.12. The third-order valence-corrected chi connectivity index (χ3v) is 3.37. The van der Waals surface area contributed by atoms with Gasteiger partial charge in [-0.3, -0.25) is 4.79 Å². The Labute approximate surface area is 132 Å². The van der Waals surface area contributed by atoms with E-state index < -0.39 is 11.6 Å². The number of nitrogens with one attached hydrogen (secondary N) is 2. The van der Waals surface area contributed by atoms with Crippen LogP contribution < -0.4 is 10.6 Å². The Hall–Kier alpha value is -2.14. The maximum Gasteiger partial charge on any atom is 0.239 e. The number of amides is 1.